The van der Waals surface area contributed by atoms with Crippen LogP contribution in [-0.4, -0.2) is 60.6 Å². The maximum absolute atomic E-state index is 4.95. The Kier molecular flexibility index (Phi) is 7.31. The molecule has 0 saturated carbocycles. The first kappa shape index (κ1) is 14.7. The Morgan fingerprint density at radius 1 is 0.875 bits per heavy atom. The summed E-state index contributed by atoms with van der Waals surface area (Å²) in [7, 11) is 7.32. The number of rotatable bonds is 3. The zero-order chi connectivity index (χ0) is 12.6. The van der Waals surface area contributed by atoms with Crippen LogP contribution < -0.4 is 10.9 Å². The van der Waals surface area contributed by atoms with Crippen molar-refractivity contribution in [2.75, 3.05) is 28.2 Å². The fourth-order valence-corrected chi connectivity index (χ4v) is 0.557. The van der Waals surface area contributed by atoms with Crippen molar-refractivity contribution < 1.29 is 0 Å². The van der Waals surface area contributed by atoms with Crippen LogP contribution in [-0.2, 0) is 0 Å². The lowest BCUT2D eigenvalue weighted by atomic mass is 10.8. The lowest BCUT2D eigenvalue weighted by molar-refractivity contribution is 0.606. The number of nitrogens with one attached hydrogen (secondary N) is 2. The molecule has 0 amide bonds. The van der Waals surface area contributed by atoms with E-state index in [2.05, 4.69) is 21.1 Å². The van der Waals surface area contributed by atoms with Gasteiger partial charge >= 0.3 is 0 Å². The Bertz CT molecular complexity index is 267. The molecule has 0 aromatic heterocycles. The van der Waals surface area contributed by atoms with E-state index >= 15 is 0 Å². The lowest BCUT2D eigenvalue weighted by Crippen LogP contribution is -2.31. The summed E-state index contributed by atoms with van der Waals surface area (Å²) in [4.78, 5) is 3.48. The van der Waals surface area contributed by atoms with Crippen molar-refractivity contribution in [3.05, 3.63) is 0 Å². The van der Waals surface area contributed by atoms with Crippen LogP contribution in [0.5, 0.6) is 0 Å². The molecule has 0 aromatic carbocycles. The third kappa shape index (κ3) is 7.07. The molecule has 0 aliphatic heterocycles. The van der Waals surface area contributed by atoms with E-state index in [0.29, 0.717) is 10.2 Å². The molecule has 8 heteroatoms. The Balaban J connectivity index is 3.80. The first-order chi connectivity index (χ1) is 7.45. The van der Waals surface area contributed by atoms with E-state index in [1.807, 2.05) is 28.2 Å². The topological polar surface area (TPSA) is 55.3 Å². The molecule has 0 radical (unpaired) electrons. The number of nitrogens with zero attached hydrogens (tertiary/aromatic N) is 4. The number of thiocarbonyl (C=S) groups is 2. The zero-order valence-corrected chi connectivity index (χ0v) is 11.4. The van der Waals surface area contributed by atoms with Gasteiger partial charge in [0, 0.05) is 28.2 Å². The molecule has 0 atom stereocenters. The molecule has 90 valence electrons. The molecule has 0 rings (SSSR count). The third-order valence-electron chi connectivity index (χ3n) is 1.35. The summed E-state index contributed by atoms with van der Waals surface area (Å²) in [5.41, 5.74) is 5.32. The molecule has 0 heterocycles. The van der Waals surface area contributed by atoms with Gasteiger partial charge in [-0.1, -0.05) is 0 Å². The van der Waals surface area contributed by atoms with E-state index in [-0.39, 0.29) is 0 Å². The molecule has 0 unspecified atom stereocenters. The van der Waals surface area contributed by atoms with Gasteiger partial charge in [0.25, 0.3) is 0 Å². The van der Waals surface area contributed by atoms with Crippen molar-refractivity contribution in [1.29, 1.82) is 0 Å². The molecule has 16 heavy (non-hydrogen) atoms. The van der Waals surface area contributed by atoms with Crippen molar-refractivity contribution in [2.24, 2.45) is 10.2 Å². The summed E-state index contributed by atoms with van der Waals surface area (Å²) >= 11 is 9.89. The molecule has 0 spiro atoms. The third-order valence-corrected chi connectivity index (χ3v) is 2.26. The molecule has 0 aliphatic carbocycles. The van der Waals surface area contributed by atoms with Crippen LogP contribution in [0.1, 0.15) is 0 Å². The monoisotopic (exact) mass is 260 g/mol. The van der Waals surface area contributed by atoms with Gasteiger partial charge in [0.2, 0.25) is 0 Å². The van der Waals surface area contributed by atoms with E-state index < -0.39 is 0 Å². The molecule has 0 saturated heterocycles. The molecule has 2 N–H and O–H groups in total. The molecule has 0 fully saturated rings. The van der Waals surface area contributed by atoms with Gasteiger partial charge in [0.1, 0.15) is 0 Å². The van der Waals surface area contributed by atoms with Gasteiger partial charge in [0.05, 0.1) is 12.4 Å². The van der Waals surface area contributed by atoms with Gasteiger partial charge in [-0.05, 0) is 24.4 Å². The number of hydrazone groups is 2. The largest absolute Gasteiger partial charge is 0.354 e. The summed E-state index contributed by atoms with van der Waals surface area (Å²) in [6.45, 7) is 0. The second kappa shape index (κ2) is 7.94. The first-order valence-electron chi connectivity index (χ1n) is 4.44. The van der Waals surface area contributed by atoms with Crippen molar-refractivity contribution in [3.8, 4) is 0 Å². The van der Waals surface area contributed by atoms with Gasteiger partial charge in [-0.15, -0.1) is 0 Å². The first-order valence-corrected chi connectivity index (χ1v) is 5.26. The second-order valence-corrected chi connectivity index (χ2v) is 3.95. The van der Waals surface area contributed by atoms with Gasteiger partial charge in [-0.25, -0.2) is 0 Å². The Labute approximate surface area is 106 Å². The van der Waals surface area contributed by atoms with Gasteiger partial charge in [-0.2, -0.15) is 10.2 Å². The quantitative estimate of drug-likeness (QED) is 0.417. The summed E-state index contributed by atoms with van der Waals surface area (Å²) < 4.78 is 0. The summed E-state index contributed by atoms with van der Waals surface area (Å²) in [5.74, 6) is 0. The summed E-state index contributed by atoms with van der Waals surface area (Å²) in [5, 5.41) is 8.72. The van der Waals surface area contributed by atoms with Crippen LogP contribution in [0, 0.1) is 0 Å². The number of hydrogen-bond acceptors (Lipinski definition) is 4. The molecule has 0 aromatic rings. The van der Waals surface area contributed by atoms with Crippen molar-refractivity contribution >= 4 is 47.1 Å². The smallest absolute Gasteiger partial charge is 0.189 e. The fraction of sp³-hybridized carbons (Fsp3) is 0.500. The van der Waals surface area contributed by atoms with Gasteiger partial charge < -0.3 is 9.80 Å². The highest BCUT2D eigenvalue weighted by Crippen LogP contribution is 1.77. The van der Waals surface area contributed by atoms with Crippen molar-refractivity contribution in [1.82, 2.24) is 20.7 Å². The summed E-state index contributed by atoms with van der Waals surface area (Å²) in [6, 6.07) is 0. The average molecular weight is 260 g/mol. The average Bonchev–Trinajstić information content (AvgIpc) is 2.21. The van der Waals surface area contributed by atoms with E-state index in [1.165, 1.54) is 12.4 Å². The number of hydrogen-bond donors (Lipinski definition) is 2. The summed E-state index contributed by atoms with van der Waals surface area (Å²) in [6.07, 6.45) is 2.95. The van der Waals surface area contributed by atoms with Crippen molar-refractivity contribution in [3.63, 3.8) is 0 Å². The lowest BCUT2D eigenvalue weighted by Gasteiger charge is -2.11. The van der Waals surface area contributed by atoms with Crippen LogP contribution in [0.3, 0.4) is 0 Å². The minimum atomic E-state index is 0.529. The van der Waals surface area contributed by atoms with Crippen LogP contribution in [0.4, 0.5) is 0 Å². The maximum atomic E-state index is 4.95. The normalized spacial score (nSPS) is 10.5. The molecule has 0 bridgehead atoms. The Morgan fingerprint density at radius 3 is 1.44 bits per heavy atom. The molecule has 0 aliphatic rings. The van der Waals surface area contributed by atoms with Gasteiger partial charge in [-0.3, -0.25) is 10.9 Å². The standard InChI is InChI=1S/C8H16N6S2/c1-13(2)7(15)11-9-5-6-10-12-8(16)14(3)4/h5-6H,1-4H3,(H,11,15)(H,12,16)/b9-5+,10-6+. The highest BCUT2D eigenvalue weighted by molar-refractivity contribution is 7.80. The van der Waals surface area contributed by atoms with Crippen molar-refractivity contribution in [2.45, 2.75) is 0 Å². The minimum absolute atomic E-state index is 0.529. The molecular formula is C8H16N6S2. The van der Waals surface area contributed by atoms with Crippen LogP contribution >= 0.6 is 24.4 Å². The highest BCUT2D eigenvalue weighted by Gasteiger charge is 1.93. The van der Waals surface area contributed by atoms with Crippen LogP contribution in [0.25, 0.3) is 0 Å². The predicted molar refractivity (Wildman–Crippen MR) is 75.8 cm³/mol. The Hall–Kier alpha value is -1.28. The van der Waals surface area contributed by atoms with E-state index in [9.17, 15) is 0 Å². The fourth-order valence-electron chi connectivity index (χ4n) is 0.452. The van der Waals surface area contributed by atoms with E-state index in [4.69, 9.17) is 24.4 Å². The van der Waals surface area contributed by atoms with Gasteiger partial charge in [0.15, 0.2) is 10.2 Å². The zero-order valence-electron chi connectivity index (χ0n) is 9.76. The molecular weight excluding hydrogens is 244 g/mol. The minimum Gasteiger partial charge on any atom is -0.354 e. The van der Waals surface area contributed by atoms with Crippen LogP contribution in [0.2, 0.25) is 0 Å². The highest BCUT2D eigenvalue weighted by atomic mass is 32.1. The SMILES string of the molecule is CN(C)C(=S)N/N=C/C=N/NC(=S)N(C)C. The second-order valence-electron chi connectivity index (χ2n) is 3.18. The molecule has 6 nitrogen and oxygen atoms in total. The van der Waals surface area contributed by atoms with Crippen LogP contribution in [0.15, 0.2) is 10.2 Å². The van der Waals surface area contributed by atoms with E-state index in [1.54, 1.807) is 9.80 Å². The Morgan fingerprint density at radius 2 is 1.19 bits per heavy atom. The maximum Gasteiger partial charge on any atom is 0.189 e. The predicted octanol–water partition coefficient (Wildman–Crippen LogP) is -0.170. The van der Waals surface area contributed by atoms with E-state index in [0.717, 1.165) is 0 Å².